The molecule has 0 aromatic heterocycles. The maximum Gasteiger partial charge on any atom is 0.321 e. The number of urea groups is 1. The van der Waals surface area contributed by atoms with E-state index in [-0.39, 0.29) is 29.4 Å². The molecule has 0 aromatic rings. The zero-order valence-corrected chi connectivity index (χ0v) is 21.9. The molecule has 6 rings (SSSR count). The van der Waals surface area contributed by atoms with Gasteiger partial charge >= 0.3 is 6.03 Å². The van der Waals surface area contributed by atoms with Gasteiger partial charge in [-0.15, -0.1) is 0 Å². The van der Waals surface area contributed by atoms with Crippen LogP contribution < -0.4 is 10.6 Å². The quantitative estimate of drug-likeness (QED) is 0.622. The lowest BCUT2D eigenvalue weighted by atomic mass is 9.53. The van der Waals surface area contributed by atoms with Crippen molar-refractivity contribution in [2.75, 3.05) is 45.8 Å². The number of imide groups is 1. The zero-order valence-electron chi connectivity index (χ0n) is 21.9. The molecule has 2 aliphatic heterocycles. The number of carbonyl (C=O) groups excluding carboxylic acids is 3. The third-order valence-electron chi connectivity index (χ3n) is 9.57. The van der Waals surface area contributed by atoms with Crippen LogP contribution in [0.4, 0.5) is 4.79 Å². The Hall–Kier alpha value is -1.67. The molecule has 4 amide bonds. The number of piperazine rings is 1. The van der Waals surface area contributed by atoms with Crippen LogP contribution in [0.5, 0.6) is 0 Å². The molecule has 0 aromatic carbocycles. The second kappa shape index (κ2) is 10.0. The third-order valence-corrected chi connectivity index (χ3v) is 9.57. The average molecular weight is 488 g/mol. The van der Waals surface area contributed by atoms with E-state index in [2.05, 4.69) is 34.3 Å². The van der Waals surface area contributed by atoms with Gasteiger partial charge < -0.3 is 10.2 Å². The third kappa shape index (κ3) is 5.68. The Bertz CT molecular complexity index is 778. The largest absolute Gasteiger partial charge is 0.341 e. The molecule has 0 radical (unpaired) electrons. The molecule has 6 fully saturated rings. The van der Waals surface area contributed by atoms with Crippen LogP contribution in [0.25, 0.3) is 0 Å². The molecule has 6 aliphatic rings. The zero-order chi connectivity index (χ0) is 24.7. The van der Waals surface area contributed by atoms with Gasteiger partial charge in [-0.1, -0.05) is 13.8 Å². The second-order valence-electron chi connectivity index (χ2n) is 12.9. The molecule has 3 atom stereocenters. The summed E-state index contributed by atoms with van der Waals surface area (Å²) in [6.07, 6.45) is 8.40. The fraction of sp³-hybridized carbons (Fsp3) is 0.889. The van der Waals surface area contributed by atoms with Gasteiger partial charge in [0.25, 0.3) is 0 Å². The SMILES string of the molecule is CC1CC(C)CN(C(=O)CN2CCN(C(C)C(=O)NC(=O)NC34CC5CC(CC(C5)C3)C4)CC2)C1. The number of likely N-dealkylation sites (tertiary alicyclic amines) is 1. The molecule has 2 N–H and O–H groups in total. The first kappa shape index (κ1) is 25.0. The maximum atomic E-state index is 12.9. The number of nitrogens with one attached hydrogen (secondary N) is 2. The van der Waals surface area contributed by atoms with Gasteiger partial charge in [-0.25, -0.2) is 4.79 Å². The summed E-state index contributed by atoms with van der Waals surface area (Å²) < 4.78 is 0. The van der Waals surface area contributed by atoms with E-state index >= 15 is 0 Å². The van der Waals surface area contributed by atoms with Crippen LogP contribution in [0.1, 0.15) is 65.7 Å². The van der Waals surface area contributed by atoms with Crippen LogP contribution in [-0.2, 0) is 9.59 Å². The Labute approximate surface area is 210 Å². The predicted molar refractivity (Wildman–Crippen MR) is 135 cm³/mol. The van der Waals surface area contributed by atoms with E-state index in [1.165, 1.54) is 25.7 Å². The Morgan fingerprint density at radius 3 is 1.94 bits per heavy atom. The first-order valence-corrected chi connectivity index (χ1v) is 14.0. The number of nitrogens with zero attached hydrogens (tertiary/aromatic N) is 3. The van der Waals surface area contributed by atoms with E-state index in [1.807, 2.05) is 11.8 Å². The first-order valence-electron chi connectivity index (χ1n) is 14.0. The van der Waals surface area contributed by atoms with E-state index in [9.17, 15) is 14.4 Å². The summed E-state index contributed by atoms with van der Waals surface area (Å²) >= 11 is 0. The first-order chi connectivity index (χ1) is 16.7. The van der Waals surface area contributed by atoms with Crippen LogP contribution in [0.2, 0.25) is 0 Å². The number of rotatable bonds is 5. The van der Waals surface area contributed by atoms with Crippen molar-refractivity contribution in [2.45, 2.75) is 77.3 Å². The summed E-state index contributed by atoms with van der Waals surface area (Å²) in [4.78, 5) is 44.8. The van der Waals surface area contributed by atoms with Gasteiger partial charge in [0.05, 0.1) is 12.6 Å². The Kier molecular flexibility index (Phi) is 7.14. The molecule has 2 saturated heterocycles. The van der Waals surface area contributed by atoms with Crippen molar-refractivity contribution in [3.05, 3.63) is 0 Å². The summed E-state index contributed by atoms with van der Waals surface area (Å²) in [6.45, 7) is 11.5. The standard InChI is InChI=1S/C27H45N5O3/c1-18-8-19(2)16-32(15-18)24(33)17-30-4-6-31(7-5-30)20(3)25(34)28-26(35)29-27-12-21-9-22(13-27)11-23(10-21)14-27/h18-23H,4-17H2,1-3H3,(H2,28,29,34,35). The van der Waals surface area contributed by atoms with Crippen molar-refractivity contribution in [3.63, 3.8) is 0 Å². The molecule has 4 bridgehead atoms. The molecule has 35 heavy (non-hydrogen) atoms. The van der Waals surface area contributed by atoms with Crippen molar-refractivity contribution < 1.29 is 14.4 Å². The summed E-state index contributed by atoms with van der Waals surface area (Å²) in [5, 5.41) is 5.88. The molecule has 3 unspecified atom stereocenters. The molecule has 4 saturated carbocycles. The minimum atomic E-state index is -0.362. The van der Waals surface area contributed by atoms with Gasteiger partial charge in [0.2, 0.25) is 11.8 Å². The number of piperidine rings is 1. The van der Waals surface area contributed by atoms with Gasteiger partial charge in [0.1, 0.15) is 0 Å². The Morgan fingerprint density at radius 2 is 1.40 bits per heavy atom. The van der Waals surface area contributed by atoms with Crippen LogP contribution in [0.3, 0.4) is 0 Å². The van der Waals surface area contributed by atoms with Crippen LogP contribution in [0.15, 0.2) is 0 Å². The van der Waals surface area contributed by atoms with Crippen molar-refractivity contribution >= 4 is 17.8 Å². The lowest BCUT2D eigenvalue weighted by Crippen LogP contribution is -2.63. The van der Waals surface area contributed by atoms with Gasteiger partial charge in [-0.05, 0) is 81.5 Å². The lowest BCUT2D eigenvalue weighted by molar-refractivity contribution is -0.136. The number of amides is 4. The molecule has 8 nitrogen and oxygen atoms in total. The highest BCUT2D eigenvalue weighted by atomic mass is 16.2. The Morgan fingerprint density at radius 1 is 0.857 bits per heavy atom. The summed E-state index contributed by atoms with van der Waals surface area (Å²) in [7, 11) is 0. The van der Waals surface area contributed by atoms with Crippen LogP contribution in [-0.4, -0.2) is 89.9 Å². The highest BCUT2D eigenvalue weighted by Gasteiger charge is 2.51. The van der Waals surface area contributed by atoms with Crippen LogP contribution in [0, 0.1) is 29.6 Å². The van der Waals surface area contributed by atoms with Gasteiger partial charge in [0, 0.05) is 44.8 Å². The minimum Gasteiger partial charge on any atom is -0.341 e. The molecular formula is C27H45N5O3. The fourth-order valence-corrected chi connectivity index (χ4v) is 8.38. The second-order valence-corrected chi connectivity index (χ2v) is 12.9. The van der Waals surface area contributed by atoms with Gasteiger partial charge in [-0.2, -0.15) is 0 Å². The molecule has 4 aliphatic carbocycles. The lowest BCUT2D eigenvalue weighted by Gasteiger charge is -2.56. The van der Waals surface area contributed by atoms with Gasteiger partial charge in [0.15, 0.2) is 0 Å². The fourth-order valence-electron chi connectivity index (χ4n) is 8.38. The highest BCUT2D eigenvalue weighted by Crippen LogP contribution is 2.55. The summed E-state index contributed by atoms with van der Waals surface area (Å²) in [5.41, 5.74) is -0.0928. The highest BCUT2D eigenvalue weighted by molar-refractivity contribution is 5.97. The monoisotopic (exact) mass is 487 g/mol. The van der Waals surface area contributed by atoms with Crippen molar-refractivity contribution in [2.24, 2.45) is 29.6 Å². The number of carbonyl (C=O) groups is 3. The molecule has 2 heterocycles. The minimum absolute atomic E-state index is 0.0928. The van der Waals surface area contributed by atoms with Gasteiger partial charge in [-0.3, -0.25) is 24.7 Å². The number of hydrogen-bond acceptors (Lipinski definition) is 5. The topological polar surface area (TPSA) is 85.0 Å². The van der Waals surface area contributed by atoms with E-state index in [4.69, 9.17) is 0 Å². The van der Waals surface area contributed by atoms with Crippen LogP contribution >= 0.6 is 0 Å². The molecule has 0 spiro atoms. The molecule has 8 heteroatoms. The molecular weight excluding hydrogens is 442 g/mol. The molecule has 196 valence electrons. The number of hydrogen-bond donors (Lipinski definition) is 2. The van der Waals surface area contributed by atoms with Crippen molar-refractivity contribution in [3.8, 4) is 0 Å². The smallest absolute Gasteiger partial charge is 0.321 e. The predicted octanol–water partition coefficient (Wildman–Crippen LogP) is 2.29. The van der Waals surface area contributed by atoms with E-state index in [1.54, 1.807) is 0 Å². The van der Waals surface area contributed by atoms with Crippen molar-refractivity contribution in [1.82, 2.24) is 25.3 Å². The Balaban J connectivity index is 1.05. The van der Waals surface area contributed by atoms with E-state index < -0.39 is 0 Å². The van der Waals surface area contributed by atoms with Crippen molar-refractivity contribution in [1.29, 1.82) is 0 Å². The summed E-state index contributed by atoms with van der Waals surface area (Å²) in [6, 6.07) is -0.684. The van der Waals surface area contributed by atoms with E-state index in [0.717, 1.165) is 76.3 Å². The average Bonchev–Trinajstić information content (AvgIpc) is 2.77. The normalized spacial score (nSPS) is 38.3. The maximum absolute atomic E-state index is 12.9. The summed E-state index contributed by atoms with van der Waals surface area (Å²) in [5.74, 6) is 3.39. The van der Waals surface area contributed by atoms with E-state index in [0.29, 0.717) is 18.4 Å².